The minimum Gasteiger partial charge on any atom is -0.423 e. The molecular formula is C9H11BO3S. The number of Topliss-reactive ketones (excluding diaryl/α,β-unsaturated/α-hetero) is 1. The van der Waals surface area contributed by atoms with E-state index in [0.29, 0.717) is 15.9 Å². The Morgan fingerprint density at radius 2 is 2.14 bits per heavy atom. The van der Waals surface area contributed by atoms with E-state index in [2.05, 4.69) is 12.6 Å². The average Bonchev–Trinajstić information content (AvgIpc) is 2.01. The number of carbonyl (C=O) groups is 1. The highest BCUT2D eigenvalue weighted by Crippen LogP contribution is 2.08. The number of benzene rings is 1. The lowest BCUT2D eigenvalue weighted by atomic mass is 9.76. The summed E-state index contributed by atoms with van der Waals surface area (Å²) >= 11 is 4.10. The number of rotatable bonds is 3. The van der Waals surface area contributed by atoms with Gasteiger partial charge in [0.25, 0.3) is 0 Å². The fourth-order valence-corrected chi connectivity index (χ4v) is 1.67. The molecule has 0 aromatic heterocycles. The number of ketones is 1. The van der Waals surface area contributed by atoms with Crippen LogP contribution in [0, 0.1) is 0 Å². The molecule has 0 radical (unpaired) electrons. The highest BCUT2D eigenvalue weighted by molar-refractivity contribution is 7.80. The van der Waals surface area contributed by atoms with Gasteiger partial charge in [-0.15, -0.1) is 12.6 Å². The fraction of sp³-hybridized carbons (Fsp3) is 0.222. The van der Waals surface area contributed by atoms with E-state index in [9.17, 15) is 4.79 Å². The summed E-state index contributed by atoms with van der Waals surface area (Å²) in [7, 11) is -1.59. The third kappa shape index (κ3) is 2.61. The topological polar surface area (TPSA) is 57.5 Å². The molecule has 0 unspecified atom stereocenters. The van der Waals surface area contributed by atoms with Crippen LogP contribution >= 0.6 is 12.6 Å². The molecule has 0 spiro atoms. The zero-order valence-electron chi connectivity index (χ0n) is 7.77. The zero-order chi connectivity index (χ0) is 10.7. The Labute approximate surface area is 88.3 Å². The van der Waals surface area contributed by atoms with Crippen molar-refractivity contribution in [3.8, 4) is 0 Å². The molecule has 0 aliphatic heterocycles. The summed E-state index contributed by atoms with van der Waals surface area (Å²) in [6, 6.07) is 5.07. The molecule has 0 saturated heterocycles. The highest BCUT2D eigenvalue weighted by Gasteiger charge is 2.19. The maximum absolute atomic E-state index is 10.9. The quantitative estimate of drug-likeness (QED) is 0.477. The van der Waals surface area contributed by atoms with Crippen LogP contribution in [0.3, 0.4) is 0 Å². The molecular weight excluding hydrogens is 199 g/mol. The molecule has 1 aromatic carbocycles. The minimum atomic E-state index is -1.59. The van der Waals surface area contributed by atoms with Crippen molar-refractivity contribution in [3.05, 3.63) is 23.8 Å². The van der Waals surface area contributed by atoms with Crippen LogP contribution in [0.25, 0.3) is 0 Å². The van der Waals surface area contributed by atoms with Crippen LogP contribution in [-0.4, -0.2) is 22.9 Å². The van der Waals surface area contributed by atoms with Gasteiger partial charge in [0.1, 0.15) is 5.78 Å². The maximum atomic E-state index is 10.9. The zero-order valence-corrected chi connectivity index (χ0v) is 8.66. The number of thiol groups is 1. The van der Waals surface area contributed by atoms with Gasteiger partial charge in [-0.2, -0.15) is 0 Å². The summed E-state index contributed by atoms with van der Waals surface area (Å²) in [5.74, 6) is -0.0224. The SMILES string of the molecule is CC(=O)Cc1cccc(S)c1B(O)O. The van der Waals surface area contributed by atoms with Crippen LogP contribution in [0.5, 0.6) is 0 Å². The van der Waals surface area contributed by atoms with Gasteiger partial charge in [-0.1, -0.05) is 12.1 Å². The second-order valence-corrected chi connectivity index (χ2v) is 3.58. The largest absolute Gasteiger partial charge is 0.489 e. The lowest BCUT2D eigenvalue weighted by Gasteiger charge is -2.09. The molecule has 2 N–H and O–H groups in total. The van der Waals surface area contributed by atoms with E-state index in [4.69, 9.17) is 10.0 Å². The van der Waals surface area contributed by atoms with Crippen molar-refractivity contribution in [1.29, 1.82) is 0 Å². The van der Waals surface area contributed by atoms with E-state index in [-0.39, 0.29) is 12.2 Å². The van der Waals surface area contributed by atoms with Crippen molar-refractivity contribution in [2.24, 2.45) is 0 Å². The van der Waals surface area contributed by atoms with Gasteiger partial charge in [-0.3, -0.25) is 4.79 Å². The van der Waals surface area contributed by atoms with Crippen LogP contribution in [-0.2, 0) is 11.2 Å². The Bertz CT molecular complexity index is 352. The molecule has 0 aliphatic rings. The molecule has 14 heavy (non-hydrogen) atoms. The van der Waals surface area contributed by atoms with Gasteiger partial charge in [-0.05, 0) is 24.0 Å². The highest BCUT2D eigenvalue weighted by atomic mass is 32.1. The third-order valence-electron chi connectivity index (χ3n) is 1.87. The summed E-state index contributed by atoms with van der Waals surface area (Å²) in [4.78, 5) is 11.4. The van der Waals surface area contributed by atoms with E-state index in [1.165, 1.54) is 6.92 Å². The second kappa shape index (κ2) is 4.64. The molecule has 0 heterocycles. The molecule has 1 rings (SSSR count). The molecule has 0 atom stereocenters. The number of hydrogen-bond donors (Lipinski definition) is 3. The molecule has 1 aromatic rings. The normalized spacial score (nSPS) is 10.0. The Kier molecular flexibility index (Phi) is 3.74. The van der Waals surface area contributed by atoms with Crippen molar-refractivity contribution in [2.45, 2.75) is 18.2 Å². The summed E-state index contributed by atoms with van der Waals surface area (Å²) in [5.41, 5.74) is 0.922. The Morgan fingerprint density at radius 1 is 1.50 bits per heavy atom. The van der Waals surface area contributed by atoms with Crippen molar-refractivity contribution >= 4 is 31.0 Å². The first-order valence-electron chi connectivity index (χ1n) is 4.18. The lowest BCUT2D eigenvalue weighted by Crippen LogP contribution is -2.35. The second-order valence-electron chi connectivity index (χ2n) is 3.10. The summed E-state index contributed by atoms with van der Waals surface area (Å²) < 4.78 is 0. The van der Waals surface area contributed by atoms with Crippen LogP contribution in [0.15, 0.2) is 23.1 Å². The van der Waals surface area contributed by atoms with E-state index < -0.39 is 7.12 Å². The van der Waals surface area contributed by atoms with Gasteiger partial charge in [0.15, 0.2) is 0 Å². The van der Waals surface area contributed by atoms with Crippen LogP contribution in [0.1, 0.15) is 12.5 Å². The average molecular weight is 210 g/mol. The Balaban J connectivity index is 3.14. The van der Waals surface area contributed by atoms with E-state index >= 15 is 0 Å². The molecule has 5 heteroatoms. The first kappa shape index (κ1) is 11.3. The molecule has 0 bridgehead atoms. The fourth-order valence-electron chi connectivity index (χ4n) is 1.32. The summed E-state index contributed by atoms with van der Waals surface area (Å²) in [6.07, 6.45) is 0.196. The molecule has 0 saturated carbocycles. The standard InChI is InChI=1S/C9H11BO3S/c1-6(11)5-7-3-2-4-8(14)9(7)10(12)13/h2-4,12-14H,5H2,1H3. The van der Waals surface area contributed by atoms with E-state index in [0.717, 1.165) is 0 Å². The third-order valence-corrected chi connectivity index (χ3v) is 2.26. The van der Waals surface area contributed by atoms with Gasteiger partial charge in [0.05, 0.1) is 0 Å². The van der Waals surface area contributed by atoms with Gasteiger partial charge in [0.2, 0.25) is 0 Å². The summed E-state index contributed by atoms with van der Waals surface area (Å²) in [6.45, 7) is 1.46. The van der Waals surface area contributed by atoms with Gasteiger partial charge in [-0.25, -0.2) is 0 Å². The Hall–Kier alpha value is -0.775. The van der Waals surface area contributed by atoms with E-state index in [1.807, 2.05) is 0 Å². The minimum absolute atomic E-state index is 0.0224. The summed E-state index contributed by atoms with van der Waals surface area (Å²) in [5, 5.41) is 18.2. The van der Waals surface area contributed by atoms with Crippen molar-refractivity contribution in [2.75, 3.05) is 0 Å². The van der Waals surface area contributed by atoms with Gasteiger partial charge in [0, 0.05) is 11.3 Å². The lowest BCUT2D eigenvalue weighted by molar-refractivity contribution is -0.116. The molecule has 74 valence electrons. The van der Waals surface area contributed by atoms with Crippen molar-refractivity contribution in [1.82, 2.24) is 0 Å². The number of carbonyl (C=O) groups excluding carboxylic acids is 1. The predicted molar refractivity (Wildman–Crippen MR) is 57.9 cm³/mol. The molecule has 0 fully saturated rings. The monoisotopic (exact) mass is 210 g/mol. The smallest absolute Gasteiger partial charge is 0.423 e. The predicted octanol–water partition coefficient (Wildman–Crippen LogP) is -0.213. The molecule has 0 aliphatic carbocycles. The van der Waals surface area contributed by atoms with E-state index in [1.54, 1.807) is 18.2 Å². The van der Waals surface area contributed by atoms with Crippen LogP contribution in [0.2, 0.25) is 0 Å². The number of hydrogen-bond acceptors (Lipinski definition) is 4. The first-order chi connectivity index (χ1) is 6.52. The maximum Gasteiger partial charge on any atom is 0.489 e. The first-order valence-corrected chi connectivity index (χ1v) is 4.63. The Morgan fingerprint density at radius 3 is 2.64 bits per heavy atom. The van der Waals surface area contributed by atoms with Gasteiger partial charge >= 0.3 is 7.12 Å². The van der Waals surface area contributed by atoms with Crippen molar-refractivity contribution in [3.63, 3.8) is 0 Å². The van der Waals surface area contributed by atoms with Crippen LogP contribution < -0.4 is 5.46 Å². The van der Waals surface area contributed by atoms with Gasteiger partial charge < -0.3 is 10.0 Å². The van der Waals surface area contributed by atoms with Crippen LogP contribution in [0.4, 0.5) is 0 Å². The van der Waals surface area contributed by atoms with Crippen molar-refractivity contribution < 1.29 is 14.8 Å². The molecule has 3 nitrogen and oxygen atoms in total. The molecule has 0 amide bonds.